The third-order valence-electron chi connectivity index (χ3n) is 1.83. The SMILES string of the molecule is O=S(=O)(CS(=O)(=O)C(F)(F)F)c1ccccc1Cl. The Bertz CT molecular complexity index is 649. The van der Waals surface area contributed by atoms with E-state index in [2.05, 4.69) is 0 Å². The molecule has 4 nitrogen and oxygen atoms in total. The van der Waals surface area contributed by atoms with E-state index in [4.69, 9.17) is 11.6 Å². The highest BCUT2D eigenvalue weighted by molar-refractivity contribution is 8.08. The predicted octanol–water partition coefficient (Wildman–Crippen LogP) is 2.01. The van der Waals surface area contributed by atoms with E-state index in [1.165, 1.54) is 12.1 Å². The van der Waals surface area contributed by atoms with Gasteiger partial charge in [-0.05, 0) is 12.1 Å². The molecule has 0 saturated heterocycles. The Morgan fingerprint density at radius 3 is 2.00 bits per heavy atom. The van der Waals surface area contributed by atoms with Gasteiger partial charge in [0.1, 0.15) is 0 Å². The summed E-state index contributed by atoms with van der Waals surface area (Å²) in [5.41, 5.74) is -5.62. The third kappa shape index (κ3) is 3.15. The first-order valence-corrected chi connectivity index (χ1v) is 7.92. The molecule has 0 fully saturated rings. The van der Waals surface area contributed by atoms with E-state index in [9.17, 15) is 30.0 Å². The summed E-state index contributed by atoms with van der Waals surface area (Å²) in [5.74, 6) is 0. The molecule has 0 saturated carbocycles. The van der Waals surface area contributed by atoms with E-state index in [1.54, 1.807) is 0 Å². The molecule has 0 N–H and O–H groups in total. The maximum absolute atomic E-state index is 12.1. The lowest BCUT2D eigenvalue weighted by atomic mass is 10.4. The normalized spacial score (nSPS) is 13.6. The molecule has 0 radical (unpaired) electrons. The monoisotopic (exact) mass is 322 g/mol. The average molecular weight is 323 g/mol. The lowest BCUT2D eigenvalue weighted by Gasteiger charge is -2.09. The molecule has 0 heterocycles. The Labute approximate surface area is 106 Å². The highest BCUT2D eigenvalue weighted by atomic mass is 35.5. The predicted molar refractivity (Wildman–Crippen MR) is 58.5 cm³/mol. The number of halogens is 4. The van der Waals surface area contributed by atoms with Gasteiger partial charge in [0.2, 0.25) is 0 Å². The van der Waals surface area contributed by atoms with Gasteiger partial charge in [0, 0.05) is 0 Å². The Hall–Kier alpha value is -0.800. The fourth-order valence-electron chi connectivity index (χ4n) is 1.03. The van der Waals surface area contributed by atoms with Crippen LogP contribution in [0.5, 0.6) is 0 Å². The number of sulfone groups is 2. The van der Waals surface area contributed by atoms with Gasteiger partial charge in [-0.1, -0.05) is 23.7 Å². The van der Waals surface area contributed by atoms with Crippen LogP contribution >= 0.6 is 11.6 Å². The van der Waals surface area contributed by atoms with Crippen LogP contribution in [0.4, 0.5) is 13.2 Å². The van der Waals surface area contributed by atoms with Gasteiger partial charge in [0.15, 0.2) is 14.9 Å². The number of hydrogen-bond acceptors (Lipinski definition) is 4. The first kappa shape index (κ1) is 15.3. The van der Waals surface area contributed by atoms with Crippen LogP contribution in [-0.4, -0.2) is 27.4 Å². The largest absolute Gasteiger partial charge is 0.498 e. The van der Waals surface area contributed by atoms with Crippen LogP contribution in [0.15, 0.2) is 29.2 Å². The molecule has 0 aromatic heterocycles. The van der Waals surface area contributed by atoms with Gasteiger partial charge in [-0.3, -0.25) is 0 Å². The molecular formula is C8H6ClF3O4S2. The summed E-state index contributed by atoms with van der Waals surface area (Å²) < 4.78 is 81.0. The van der Waals surface area contributed by atoms with Crippen LogP contribution in [0.1, 0.15) is 0 Å². The first-order chi connectivity index (χ1) is 7.97. The summed E-state index contributed by atoms with van der Waals surface area (Å²) in [6.45, 7) is 0. The highest BCUT2D eigenvalue weighted by Gasteiger charge is 2.48. The van der Waals surface area contributed by atoms with Gasteiger partial charge in [-0.25, -0.2) is 16.8 Å². The van der Waals surface area contributed by atoms with Gasteiger partial charge in [0.25, 0.3) is 9.84 Å². The van der Waals surface area contributed by atoms with Crippen LogP contribution in [-0.2, 0) is 19.7 Å². The van der Waals surface area contributed by atoms with Crippen molar-refractivity contribution in [2.45, 2.75) is 10.4 Å². The Morgan fingerprint density at radius 2 is 1.56 bits per heavy atom. The second kappa shape index (κ2) is 4.71. The summed E-state index contributed by atoms with van der Waals surface area (Å²) in [6.07, 6.45) is 0. The summed E-state index contributed by atoms with van der Waals surface area (Å²) in [7, 11) is -10.4. The van der Waals surface area contributed by atoms with Crippen LogP contribution in [0.25, 0.3) is 0 Å². The van der Waals surface area contributed by atoms with Crippen molar-refractivity contribution in [2.24, 2.45) is 0 Å². The third-order valence-corrected chi connectivity index (χ3v) is 6.49. The topological polar surface area (TPSA) is 68.3 Å². The Morgan fingerprint density at radius 1 is 1.06 bits per heavy atom. The Balaban J connectivity index is 3.25. The van der Waals surface area contributed by atoms with Gasteiger partial charge >= 0.3 is 5.51 Å². The molecule has 18 heavy (non-hydrogen) atoms. The van der Waals surface area contributed by atoms with Crippen molar-refractivity contribution in [3.05, 3.63) is 29.3 Å². The van der Waals surface area contributed by atoms with Crippen molar-refractivity contribution in [2.75, 3.05) is 5.08 Å². The zero-order valence-electron chi connectivity index (χ0n) is 8.48. The van der Waals surface area contributed by atoms with E-state index in [0.717, 1.165) is 12.1 Å². The first-order valence-electron chi connectivity index (χ1n) is 4.24. The quantitative estimate of drug-likeness (QED) is 0.853. The number of rotatable bonds is 3. The van der Waals surface area contributed by atoms with Gasteiger partial charge < -0.3 is 0 Å². The minimum atomic E-state index is -5.77. The zero-order chi connectivity index (χ0) is 14.2. The van der Waals surface area contributed by atoms with Crippen LogP contribution < -0.4 is 0 Å². The molecule has 0 aliphatic carbocycles. The van der Waals surface area contributed by atoms with Crippen LogP contribution in [0, 0.1) is 0 Å². The fourth-order valence-corrected chi connectivity index (χ4v) is 4.85. The molecular weight excluding hydrogens is 317 g/mol. The molecule has 10 heteroatoms. The zero-order valence-corrected chi connectivity index (χ0v) is 10.9. The maximum Gasteiger partial charge on any atom is 0.498 e. The second-order valence-electron chi connectivity index (χ2n) is 3.22. The van der Waals surface area contributed by atoms with Gasteiger partial charge in [-0.2, -0.15) is 13.2 Å². The van der Waals surface area contributed by atoms with Gasteiger partial charge in [-0.15, -0.1) is 0 Å². The molecule has 102 valence electrons. The second-order valence-corrected chi connectivity index (χ2v) is 7.94. The molecule has 0 spiro atoms. The van der Waals surface area contributed by atoms with Crippen LogP contribution in [0.3, 0.4) is 0 Å². The minimum absolute atomic E-state index is 0.338. The molecule has 1 aromatic rings. The minimum Gasteiger partial charge on any atom is -0.223 e. The lowest BCUT2D eigenvalue weighted by molar-refractivity contribution is -0.0431. The number of hydrogen-bond donors (Lipinski definition) is 0. The van der Waals surface area contributed by atoms with Crippen molar-refractivity contribution in [1.29, 1.82) is 0 Å². The molecule has 1 rings (SSSR count). The van der Waals surface area contributed by atoms with Crippen molar-refractivity contribution in [1.82, 2.24) is 0 Å². The van der Waals surface area contributed by atoms with Gasteiger partial charge in [0.05, 0.1) is 9.92 Å². The van der Waals surface area contributed by atoms with Crippen molar-refractivity contribution < 1.29 is 30.0 Å². The van der Waals surface area contributed by atoms with E-state index in [0.29, 0.717) is 0 Å². The summed E-state index contributed by atoms with van der Waals surface area (Å²) in [5, 5.41) is -2.40. The summed E-state index contributed by atoms with van der Waals surface area (Å²) >= 11 is 5.50. The fraction of sp³-hybridized carbons (Fsp3) is 0.250. The van der Waals surface area contributed by atoms with Crippen molar-refractivity contribution >= 4 is 31.3 Å². The molecule has 0 amide bonds. The molecule has 0 aliphatic heterocycles. The Kier molecular flexibility index (Phi) is 3.99. The lowest BCUT2D eigenvalue weighted by Crippen LogP contribution is -2.30. The van der Waals surface area contributed by atoms with E-state index in [-0.39, 0.29) is 5.02 Å². The molecule has 0 unspecified atom stereocenters. The summed E-state index contributed by atoms with van der Waals surface area (Å²) in [4.78, 5) is -0.653. The average Bonchev–Trinajstić information content (AvgIpc) is 2.14. The highest BCUT2D eigenvalue weighted by Crippen LogP contribution is 2.29. The van der Waals surface area contributed by atoms with E-state index in [1.807, 2.05) is 0 Å². The molecule has 0 bridgehead atoms. The summed E-state index contributed by atoms with van der Waals surface area (Å²) in [6, 6.07) is 4.65. The molecule has 0 atom stereocenters. The smallest absolute Gasteiger partial charge is 0.223 e. The van der Waals surface area contributed by atoms with Crippen molar-refractivity contribution in [3.63, 3.8) is 0 Å². The standard InChI is InChI=1S/C8H6ClF3O4S2/c9-6-3-1-2-4-7(6)17(13,14)5-18(15,16)8(10,11)12/h1-4H,5H2. The molecule has 0 aliphatic rings. The number of alkyl halides is 3. The molecule has 1 aromatic carbocycles. The van der Waals surface area contributed by atoms with Crippen molar-refractivity contribution in [3.8, 4) is 0 Å². The number of benzene rings is 1. The maximum atomic E-state index is 12.1. The van der Waals surface area contributed by atoms with Crippen LogP contribution in [0.2, 0.25) is 5.02 Å². The van der Waals surface area contributed by atoms with E-state index >= 15 is 0 Å². The van der Waals surface area contributed by atoms with E-state index < -0.39 is 35.2 Å².